The highest BCUT2D eigenvalue weighted by Crippen LogP contribution is 2.42. The molecule has 0 radical (unpaired) electrons. The number of aliphatic hydroxyl groups is 2. The third kappa shape index (κ3) is 3.88. The zero-order valence-electron chi connectivity index (χ0n) is 15.7. The lowest BCUT2D eigenvalue weighted by Gasteiger charge is -2.51. The Morgan fingerprint density at radius 2 is 1.84 bits per heavy atom. The van der Waals surface area contributed by atoms with E-state index < -0.39 is 11.7 Å². The Morgan fingerprint density at radius 1 is 1.12 bits per heavy atom. The van der Waals surface area contributed by atoms with Gasteiger partial charge in [-0.25, -0.2) is 0 Å². The van der Waals surface area contributed by atoms with Crippen molar-refractivity contribution in [1.29, 1.82) is 0 Å². The third-order valence-electron chi connectivity index (χ3n) is 6.13. The highest BCUT2D eigenvalue weighted by atomic mass is 16.5. The summed E-state index contributed by atoms with van der Waals surface area (Å²) < 4.78 is 23.4. The molecule has 3 fully saturated rings. The molecule has 7 nitrogen and oxygen atoms in total. The van der Waals surface area contributed by atoms with E-state index in [9.17, 15) is 10.2 Å². The fourth-order valence-corrected chi connectivity index (χ4v) is 4.63. The van der Waals surface area contributed by atoms with Crippen molar-refractivity contribution < 1.29 is 29.2 Å². The average molecular weight is 359 g/mol. The average Bonchev–Trinajstić information content (AvgIpc) is 3.04. The number of methoxy groups -OCH3 is 2. The van der Waals surface area contributed by atoms with E-state index in [4.69, 9.17) is 18.9 Å². The zero-order chi connectivity index (χ0) is 18.2. The Bertz CT molecular complexity index is 442. The van der Waals surface area contributed by atoms with Crippen LogP contribution in [0.1, 0.15) is 33.1 Å². The summed E-state index contributed by atoms with van der Waals surface area (Å²) in [7, 11) is 3.48. The van der Waals surface area contributed by atoms with E-state index in [0.717, 1.165) is 25.9 Å². The number of nitrogens with one attached hydrogen (secondary N) is 1. The van der Waals surface area contributed by atoms with Gasteiger partial charge in [-0.15, -0.1) is 0 Å². The summed E-state index contributed by atoms with van der Waals surface area (Å²) in [5, 5.41) is 23.5. The largest absolute Gasteiger partial charge is 0.388 e. The lowest BCUT2D eigenvalue weighted by Crippen LogP contribution is -2.66. The second kappa shape index (κ2) is 7.76. The minimum Gasteiger partial charge on any atom is -0.388 e. The maximum absolute atomic E-state index is 10.0. The molecule has 0 aromatic rings. The van der Waals surface area contributed by atoms with Crippen LogP contribution in [0.25, 0.3) is 0 Å². The van der Waals surface area contributed by atoms with Crippen LogP contribution in [-0.4, -0.2) is 79.9 Å². The molecule has 3 aliphatic rings. The summed E-state index contributed by atoms with van der Waals surface area (Å²) in [6.45, 7) is 4.00. The maximum atomic E-state index is 10.0. The number of piperidine rings is 1. The van der Waals surface area contributed by atoms with E-state index in [-0.39, 0.29) is 37.2 Å². The third-order valence-corrected chi connectivity index (χ3v) is 6.13. The molecule has 2 aliphatic heterocycles. The van der Waals surface area contributed by atoms with Crippen LogP contribution in [0.3, 0.4) is 0 Å². The first-order chi connectivity index (χ1) is 11.9. The Morgan fingerprint density at radius 3 is 2.48 bits per heavy atom. The van der Waals surface area contributed by atoms with Gasteiger partial charge in [-0.05, 0) is 33.1 Å². The Kier molecular flexibility index (Phi) is 6.05. The predicted molar refractivity (Wildman–Crippen MR) is 91.1 cm³/mol. The Labute approximate surface area is 150 Å². The summed E-state index contributed by atoms with van der Waals surface area (Å²) in [6.07, 6.45) is 1.80. The number of aliphatic hydroxyl groups excluding tert-OH is 1. The summed E-state index contributed by atoms with van der Waals surface area (Å²) >= 11 is 0. The molecular weight excluding hydrogens is 326 g/mol. The molecule has 8 atom stereocenters. The van der Waals surface area contributed by atoms with E-state index in [1.165, 1.54) is 0 Å². The van der Waals surface area contributed by atoms with E-state index >= 15 is 0 Å². The molecule has 3 rings (SSSR count). The Balaban J connectivity index is 1.68. The highest BCUT2D eigenvalue weighted by molar-refractivity contribution is 5.04. The van der Waals surface area contributed by atoms with Gasteiger partial charge in [-0.3, -0.25) is 5.32 Å². The molecule has 0 aromatic carbocycles. The molecule has 0 spiro atoms. The molecule has 7 unspecified atom stereocenters. The highest BCUT2D eigenvalue weighted by Gasteiger charge is 2.53. The van der Waals surface area contributed by atoms with Crippen LogP contribution in [0, 0.1) is 11.8 Å². The normalized spacial score (nSPS) is 42.7. The SMILES string of the molecule is COC1C2CCOC2NC2C1CCC(OC[C@H](O)C(C)(C)O)C2OC. The first-order valence-electron chi connectivity index (χ1n) is 9.32. The molecule has 7 heteroatoms. The molecule has 1 aliphatic carbocycles. The Hall–Kier alpha value is -0.280. The standard InChI is InChI=1S/C18H33NO6/c1-18(2,21)13(20)9-25-12-6-5-10-14(16(12)23-4)19-17-11(7-8-24-17)15(10)22-3/h10-17,19-21H,5-9H2,1-4H3/t10?,11?,12?,13-,14?,15?,16?,17?/m0/s1. The summed E-state index contributed by atoms with van der Waals surface area (Å²) in [4.78, 5) is 0. The molecular formula is C18H33NO6. The predicted octanol–water partition coefficient (Wildman–Crippen LogP) is 0.278. The number of ether oxygens (including phenoxy) is 4. The van der Waals surface area contributed by atoms with E-state index in [1.807, 2.05) is 0 Å². The van der Waals surface area contributed by atoms with Crippen LogP contribution >= 0.6 is 0 Å². The van der Waals surface area contributed by atoms with Crippen molar-refractivity contribution in [2.24, 2.45) is 11.8 Å². The minimum atomic E-state index is -1.19. The van der Waals surface area contributed by atoms with Gasteiger partial charge in [0.05, 0.1) is 30.5 Å². The van der Waals surface area contributed by atoms with Gasteiger partial charge in [0.25, 0.3) is 0 Å². The first-order valence-corrected chi connectivity index (χ1v) is 9.32. The molecule has 2 heterocycles. The van der Waals surface area contributed by atoms with Crippen LogP contribution in [0.5, 0.6) is 0 Å². The van der Waals surface area contributed by atoms with Crippen molar-refractivity contribution in [1.82, 2.24) is 5.32 Å². The second-order valence-electron chi connectivity index (χ2n) is 8.12. The van der Waals surface area contributed by atoms with Gasteiger partial charge in [0.1, 0.15) is 12.3 Å². The van der Waals surface area contributed by atoms with Gasteiger partial charge in [-0.2, -0.15) is 0 Å². The minimum absolute atomic E-state index is 0.00423. The lowest BCUT2D eigenvalue weighted by molar-refractivity contribution is -0.177. The molecule has 0 amide bonds. The van der Waals surface area contributed by atoms with E-state index in [1.54, 1.807) is 28.1 Å². The number of hydrogen-bond acceptors (Lipinski definition) is 7. The van der Waals surface area contributed by atoms with Crippen molar-refractivity contribution in [2.45, 2.75) is 75.4 Å². The number of hydrogen-bond donors (Lipinski definition) is 3. The summed E-state index contributed by atoms with van der Waals surface area (Å²) in [5.74, 6) is 0.746. The van der Waals surface area contributed by atoms with Gasteiger partial charge in [0, 0.05) is 38.7 Å². The molecule has 2 saturated heterocycles. The quantitative estimate of drug-likeness (QED) is 0.628. The number of fused-ring (bicyclic) bond motifs is 2. The van der Waals surface area contributed by atoms with E-state index in [2.05, 4.69) is 5.32 Å². The molecule has 0 bridgehead atoms. The molecule has 1 saturated carbocycles. The monoisotopic (exact) mass is 359 g/mol. The fourth-order valence-electron chi connectivity index (χ4n) is 4.63. The van der Waals surface area contributed by atoms with Gasteiger partial charge in [0.2, 0.25) is 0 Å². The van der Waals surface area contributed by atoms with Crippen LogP contribution in [0.2, 0.25) is 0 Å². The van der Waals surface area contributed by atoms with Crippen molar-refractivity contribution in [3.05, 3.63) is 0 Å². The van der Waals surface area contributed by atoms with Crippen LogP contribution in [0.4, 0.5) is 0 Å². The lowest BCUT2D eigenvalue weighted by atomic mass is 9.70. The van der Waals surface area contributed by atoms with Crippen molar-refractivity contribution in [3.8, 4) is 0 Å². The fraction of sp³-hybridized carbons (Fsp3) is 1.00. The van der Waals surface area contributed by atoms with Gasteiger partial charge in [-0.1, -0.05) is 0 Å². The first kappa shape index (κ1) is 19.5. The van der Waals surface area contributed by atoms with Gasteiger partial charge >= 0.3 is 0 Å². The maximum Gasteiger partial charge on any atom is 0.113 e. The molecule has 25 heavy (non-hydrogen) atoms. The summed E-state index contributed by atoms with van der Waals surface area (Å²) in [5.41, 5.74) is -1.19. The van der Waals surface area contributed by atoms with Gasteiger partial charge in [0.15, 0.2) is 0 Å². The smallest absolute Gasteiger partial charge is 0.113 e. The zero-order valence-corrected chi connectivity index (χ0v) is 15.7. The number of rotatable bonds is 6. The molecule has 0 aromatic heterocycles. The topological polar surface area (TPSA) is 89.4 Å². The molecule has 146 valence electrons. The van der Waals surface area contributed by atoms with Crippen molar-refractivity contribution >= 4 is 0 Å². The van der Waals surface area contributed by atoms with E-state index in [0.29, 0.717) is 11.8 Å². The van der Waals surface area contributed by atoms with Crippen molar-refractivity contribution in [2.75, 3.05) is 27.4 Å². The summed E-state index contributed by atoms with van der Waals surface area (Å²) in [6, 6.07) is 0.0901. The second-order valence-corrected chi connectivity index (χ2v) is 8.12. The van der Waals surface area contributed by atoms with Crippen LogP contribution < -0.4 is 5.32 Å². The van der Waals surface area contributed by atoms with Crippen LogP contribution in [0.15, 0.2) is 0 Å². The van der Waals surface area contributed by atoms with Crippen molar-refractivity contribution in [3.63, 3.8) is 0 Å². The van der Waals surface area contributed by atoms with Gasteiger partial charge < -0.3 is 29.2 Å². The van der Waals surface area contributed by atoms with Crippen LogP contribution in [-0.2, 0) is 18.9 Å². The molecule has 3 N–H and O–H groups in total.